The molecule has 4 nitrogen and oxygen atoms in total. The summed E-state index contributed by atoms with van der Waals surface area (Å²) in [4.78, 5) is 0. The third-order valence-corrected chi connectivity index (χ3v) is 3.59. The van der Waals surface area contributed by atoms with Gasteiger partial charge < -0.3 is 10.6 Å². The normalized spacial score (nSPS) is 22.1. The first-order valence-corrected chi connectivity index (χ1v) is 7.19. The van der Waals surface area contributed by atoms with Crippen molar-refractivity contribution in [3.05, 3.63) is 12.4 Å². The molecule has 0 saturated carbocycles. The monoisotopic (exact) mass is 250 g/mol. The lowest BCUT2D eigenvalue weighted by molar-refractivity contribution is 0.371. The topological polar surface area (TPSA) is 41.9 Å². The fourth-order valence-corrected chi connectivity index (χ4v) is 2.59. The van der Waals surface area contributed by atoms with Crippen molar-refractivity contribution in [1.82, 2.24) is 15.1 Å². The molecule has 2 N–H and O–H groups in total. The van der Waals surface area contributed by atoms with Gasteiger partial charge in [-0.3, -0.25) is 4.68 Å². The largest absolute Gasteiger partial charge is 0.380 e. The average Bonchev–Trinajstić information content (AvgIpc) is 2.78. The number of rotatable bonds is 5. The molecular weight excluding hydrogens is 224 g/mol. The van der Waals surface area contributed by atoms with Crippen molar-refractivity contribution in [3.63, 3.8) is 0 Å². The Hall–Kier alpha value is -1.03. The average molecular weight is 250 g/mol. The number of piperidine rings is 1. The van der Waals surface area contributed by atoms with Gasteiger partial charge in [0.25, 0.3) is 0 Å². The van der Waals surface area contributed by atoms with Crippen molar-refractivity contribution in [2.75, 3.05) is 11.9 Å². The summed E-state index contributed by atoms with van der Waals surface area (Å²) in [5, 5.41) is 11.5. The van der Waals surface area contributed by atoms with E-state index < -0.39 is 0 Å². The maximum absolute atomic E-state index is 4.35. The predicted molar refractivity (Wildman–Crippen MR) is 76.0 cm³/mol. The van der Waals surface area contributed by atoms with Crippen LogP contribution in [-0.4, -0.2) is 28.4 Å². The lowest BCUT2D eigenvalue weighted by Crippen LogP contribution is -2.37. The molecule has 0 aromatic carbocycles. The maximum atomic E-state index is 4.35. The Morgan fingerprint density at radius 3 is 2.89 bits per heavy atom. The second-order valence-electron chi connectivity index (χ2n) is 5.73. The van der Waals surface area contributed by atoms with Crippen LogP contribution in [0.25, 0.3) is 0 Å². The van der Waals surface area contributed by atoms with Crippen molar-refractivity contribution in [2.24, 2.45) is 0 Å². The Kier molecular flexibility index (Phi) is 4.64. The first kappa shape index (κ1) is 13.4. The number of nitrogens with zero attached hydrogens (tertiary/aromatic N) is 2. The van der Waals surface area contributed by atoms with E-state index in [0.29, 0.717) is 18.1 Å². The second-order valence-corrected chi connectivity index (χ2v) is 5.73. The first-order valence-electron chi connectivity index (χ1n) is 7.19. The molecule has 2 heterocycles. The minimum absolute atomic E-state index is 0.427. The fourth-order valence-electron chi connectivity index (χ4n) is 2.59. The van der Waals surface area contributed by atoms with E-state index in [2.05, 4.69) is 42.7 Å². The molecule has 0 aliphatic carbocycles. The Balaban J connectivity index is 1.80. The van der Waals surface area contributed by atoms with Gasteiger partial charge in [-0.1, -0.05) is 6.42 Å². The SMILES string of the molecule is CC(CC1CCCCN1)Nc1cnn(C(C)C)c1. The molecule has 1 fully saturated rings. The quantitative estimate of drug-likeness (QED) is 0.844. The van der Waals surface area contributed by atoms with Crippen LogP contribution in [-0.2, 0) is 0 Å². The molecule has 4 heteroatoms. The van der Waals surface area contributed by atoms with Crippen molar-refractivity contribution < 1.29 is 0 Å². The minimum Gasteiger partial charge on any atom is -0.380 e. The molecule has 1 saturated heterocycles. The van der Waals surface area contributed by atoms with Crippen LogP contribution < -0.4 is 10.6 Å². The Labute approximate surface area is 110 Å². The van der Waals surface area contributed by atoms with Gasteiger partial charge in [-0.05, 0) is 46.6 Å². The van der Waals surface area contributed by atoms with Gasteiger partial charge in [0, 0.05) is 24.3 Å². The summed E-state index contributed by atoms with van der Waals surface area (Å²) in [6.07, 6.45) is 9.22. The van der Waals surface area contributed by atoms with Crippen LogP contribution in [0.4, 0.5) is 5.69 Å². The summed E-state index contributed by atoms with van der Waals surface area (Å²) < 4.78 is 1.99. The lowest BCUT2D eigenvalue weighted by Gasteiger charge is -2.26. The molecule has 1 aliphatic rings. The van der Waals surface area contributed by atoms with Crippen LogP contribution in [0, 0.1) is 0 Å². The third-order valence-electron chi connectivity index (χ3n) is 3.59. The number of anilines is 1. The van der Waals surface area contributed by atoms with E-state index in [1.54, 1.807) is 0 Å². The summed E-state index contributed by atoms with van der Waals surface area (Å²) in [7, 11) is 0. The zero-order valence-corrected chi connectivity index (χ0v) is 11.8. The molecule has 0 amide bonds. The van der Waals surface area contributed by atoms with Gasteiger partial charge in [0.15, 0.2) is 0 Å². The lowest BCUT2D eigenvalue weighted by atomic mass is 9.99. The molecule has 0 spiro atoms. The van der Waals surface area contributed by atoms with E-state index in [1.807, 2.05) is 10.9 Å². The zero-order chi connectivity index (χ0) is 13.0. The summed E-state index contributed by atoms with van der Waals surface area (Å²) in [6, 6.07) is 1.60. The van der Waals surface area contributed by atoms with Gasteiger partial charge in [-0.2, -0.15) is 5.10 Å². The summed E-state index contributed by atoms with van der Waals surface area (Å²) in [5.74, 6) is 0. The predicted octanol–water partition coefficient (Wildman–Crippen LogP) is 2.80. The van der Waals surface area contributed by atoms with E-state index in [-0.39, 0.29) is 0 Å². The van der Waals surface area contributed by atoms with Crippen molar-refractivity contribution in [2.45, 2.75) is 64.6 Å². The smallest absolute Gasteiger partial charge is 0.0728 e. The molecule has 1 aromatic heterocycles. The van der Waals surface area contributed by atoms with Gasteiger partial charge in [0.1, 0.15) is 0 Å². The molecule has 2 rings (SSSR count). The first-order chi connectivity index (χ1) is 8.65. The van der Waals surface area contributed by atoms with E-state index in [4.69, 9.17) is 0 Å². The van der Waals surface area contributed by atoms with Crippen LogP contribution in [0.1, 0.15) is 52.5 Å². The zero-order valence-electron chi connectivity index (χ0n) is 11.8. The Morgan fingerprint density at radius 2 is 2.28 bits per heavy atom. The number of hydrogen-bond acceptors (Lipinski definition) is 3. The van der Waals surface area contributed by atoms with Gasteiger partial charge in [0.05, 0.1) is 11.9 Å². The molecule has 0 bridgehead atoms. The van der Waals surface area contributed by atoms with Crippen LogP contribution >= 0.6 is 0 Å². The molecule has 1 aliphatic heterocycles. The molecular formula is C14H26N4. The van der Waals surface area contributed by atoms with Crippen LogP contribution in [0.5, 0.6) is 0 Å². The fraction of sp³-hybridized carbons (Fsp3) is 0.786. The minimum atomic E-state index is 0.427. The molecule has 102 valence electrons. The van der Waals surface area contributed by atoms with E-state index in [9.17, 15) is 0 Å². The molecule has 18 heavy (non-hydrogen) atoms. The summed E-state index contributed by atoms with van der Waals surface area (Å²) in [5.41, 5.74) is 1.13. The highest BCUT2D eigenvalue weighted by Crippen LogP contribution is 2.16. The Morgan fingerprint density at radius 1 is 1.44 bits per heavy atom. The van der Waals surface area contributed by atoms with Crippen LogP contribution in [0.3, 0.4) is 0 Å². The van der Waals surface area contributed by atoms with Crippen LogP contribution in [0.15, 0.2) is 12.4 Å². The molecule has 2 unspecified atom stereocenters. The Bertz CT molecular complexity index is 352. The molecule has 0 radical (unpaired) electrons. The van der Waals surface area contributed by atoms with Gasteiger partial charge in [-0.15, -0.1) is 0 Å². The highest BCUT2D eigenvalue weighted by molar-refractivity contribution is 5.39. The number of aromatic nitrogens is 2. The van der Waals surface area contributed by atoms with Crippen molar-refractivity contribution >= 4 is 5.69 Å². The van der Waals surface area contributed by atoms with E-state index in [1.165, 1.54) is 32.2 Å². The summed E-state index contributed by atoms with van der Waals surface area (Å²) in [6.45, 7) is 7.73. The third kappa shape index (κ3) is 3.73. The van der Waals surface area contributed by atoms with Crippen molar-refractivity contribution in [3.8, 4) is 0 Å². The van der Waals surface area contributed by atoms with Gasteiger partial charge >= 0.3 is 0 Å². The van der Waals surface area contributed by atoms with E-state index >= 15 is 0 Å². The van der Waals surface area contributed by atoms with Gasteiger partial charge in [-0.25, -0.2) is 0 Å². The second kappa shape index (κ2) is 6.23. The molecule has 2 atom stereocenters. The highest BCUT2D eigenvalue weighted by atomic mass is 15.3. The molecule has 1 aromatic rings. The maximum Gasteiger partial charge on any atom is 0.0728 e. The van der Waals surface area contributed by atoms with E-state index in [0.717, 1.165) is 5.69 Å². The highest BCUT2D eigenvalue weighted by Gasteiger charge is 2.16. The number of hydrogen-bond donors (Lipinski definition) is 2. The standard InChI is InChI=1S/C14H26N4/c1-11(2)18-10-14(9-16-18)17-12(3)8-13-6-4-5-7-15-13/h9-13,15,17H,4-8H2,1-3H3. The van der Waals surface area contributed by atoms with Crippen LogP contribution in [0.2, 0.25) is 0 Å². The van der Waals surface area contributed by atoms with Crippen molar-refractivity contribution in [1.29, 1.82) is 0 Å². The van der Waals surface area contributed by atoms with Gasteiger partial charge in [0.2, 0.25) is 0 Å². The number of nitrogens with one attached hydrogen (secondary N) is 2. The summed E-state index contributed by atoms with van der Waals surface area (Å²) >= 11 is 0.